The molecule has 1 fully saturated rings. The number of carbonyl (C=O) groups is 1. The van der Waals surface area contributed by atoms with E-state index in [2.05, 4.69) is 17.2 Å². The molecule has 202 valence electrons. The number of methoxy groups -OCH3 is 2. The Morgan fingerprint density at radius 2 is 1.77 bits per heavy atom. The van der Waals surface area contributed by atoms with E-state index in [9.17, 15) is 4.79 Å². The summed E-state index contributed by atoms with van der Waals surface area (Å²) in [5.74, 6) is 3.24. The molecule has 0 radical (unpaired) electrons. The molecule has 0 saturated carbocycles. The number of benzene rings is 3. The maximum atomic E-state index is 13.1. The van der Waals surface area contributed by atoms with E-state index in [-0.39, 0.29) is 11.8 Å². The fraction of sp³-hybridized carbons (Fsp3) is 0.312. The van der Waals surface area contributed by atoms with E-state index >= 15 is 0 Å². The zero-order chi connectivity index (χ0) is 27.2. The number of unbranched alkanes of at least 4 members (excludes halogenated alkanes) is 1. The second-order valence-corrected chi connectivity index (χ2v) is 9.72. The van der Waals surface area contributed by atoms with Crippen molar-refractivity contribution in [2.24, 2.45) is 0 Å². The van der Waals surface area contributed by atoms with Gasteiger partial charge in [-0.25, -0.2) is 4.98 Å². The van der Waals surface area contributed by atoms with Crippen LogP contribution < -0.4 is 19.1 Å². The largest absolute Gasteiger partial charge is 0.495 e. The maximum absolute atomic E-state index is 13.1. The summed E-state index contributed by atoms with van der Waals surface area (Å²) in [6.07, 6.45) is 4.88. The van der Waals surface area contributed by atoms with Crippen LogP contribution in [0.2, 0.25) is 0 Å². The minimum absolute atomic E-state index is 0.00408. The number of ether oxygens (including phenoxy) is 3. The van der Waals surface area contributed by atoms with Crippen LogP contribution in [-0.2, 0) is 17.8 Å². The molecule has 0 spiro atoms. The number of nitrogens with zero attached hydrogens (tertiary/aromatic N) is 3. The van der Waals surface area contributed by atoms with Crippen LogP contribution in [0.5, 0.6) is 17.2 Å². The number of rotatable bonds is 12. The number of hydrogen-bond acceptors (Lipinski definition) is 5. The summed E-state index contributed by atoms with van der Waals surface area (Å²) < 4.78 is 19.4. The second kappa shape index (κ2) is 12.1. The van der Waals surface area contributed by atoms with Crippen molar-refractivity contribution < 1.29 is 19.0 Å². The normalized spacial score (nSPS) is 15.1. The Morgan fingerprint density at radius 1 is 0.974 bits per heavy atom. The van der Waals surface area contributed by atoms with Gasteiger partial charge >= 0.3 is 0 Å². The number of imidazole rings is 1. The van der Waals surface area contributed by atoms with E-state index in [1.807, 2.05) is 71.6 Å². The number of para-hydroxylation sites is 4. The van der Waals surface area contributed by atoms with Gasteiger partial charge in [0.25, 0.3) is 0 Å². The van der Waals surface area contributed by atoms with Crippen molar-refractivity contribution in [3.8, 4) is 17.2 Å². The predicted molar refractivity (Wildman–Crippen MR) is 154 cm³/mol. The number of allylic oxidation sites excluding steroid dienone is 1. The first-order valence-corrected chi connectivity index (χ1v) is 13.4. The Labute approximate surface area is 229 Å². The lowest BCUT2D eigenvalue weighted by molar-refractivity contribution is -0.117. The third kappa shape index (κ3) is 5.62. The van der Waals surface area contributed by atoms with Gasteiger partial charge < -0.3 is 23.7 Å². The minimum atomic E-state index is 0.00408. The number of amides is 1. The van der Waals surface area contributed by atoms with E-state index in [0.717, 1.165) is 65.4 Å². The van der Waals surface area contributed by atoms with Crippen LogP contribution >= 0.6 is 0 Å². The van der Waals surface area contributed by atoms with Crippen molar-refractivity contribution in [1.29, 1.82) is 0 Å². The van der Waals surface area contributed by atoms with Gasteiger partial charge in [-0.2, -0.15) is 0 Å². The van der Waals surface area contributed by atoms with Gasteiger partial charge in [0, 0.05) is 25.4 Å². The molecule has 5 rings (SSSR count). The van der Waals surface area contributed by atoms with E-state index in [1.165, 1.54) is 0 Å². The number of hydrogen-bond donors (Lipinski definition) is 0. The quantitative estimate of drug-likeness (QED) is 0.164. The lowest BCUT2D eigenvalue weighted by atomic mass is 10.1. The van der Waals surface area contributed by atoms with Crippen LogP contribution in [-0.4, -0.2) is 42.8 Å². The fourth-order valence-electron chi connectivity index (χ4n) is 5.29. The topological polar surface area (TPSA) is 65.8 Å². The summed E-state index contributed by atoms with van der Waals surface area (Å²) in [7, 11) is 3.29. The molecule has 1 aliphatic rings. The molecule has 7 heteroatoms. The first kappa shape index (κ1) is 26.4. The Morgan fingerprint density at radius 3 is 2.59 bits per heavy atom. The molecule has 7 nitrogen and oxygen atoms in total. The molecule has 3 aromatic carbocycles. The number of carbonyl (C=O) groups excluding carboxylic acids is 1. The number of anilines is 1. The zero-order valence-corrected chi connectivity index (χ0v) is 22.6. The number of aromatic nitrogens is 2. The predicted octanol–water partition coefficient (Wildman–Crippen LogP) is 6.16. The Hall–Kier alpha value is -4.26. The molecule has 0 N–H and O–H groups in total. The molecular formula is C32H35N3O4. The summed E-state index contributed by atoms with van der Waals surface area (Å²) in [6, 6.07) is 21.9. The van der Waals surface area contributed by atoms with Crippen molar-refractivity contribution in [2.75, 3.05) is 32.3 Å². The summed E-state index contributed by atoms with van der Waals surface area (Å²) in [5.41, 5.74) is 4.00. The van der Waals surface area contributed by atoms with Gasteiger partial charge in [-0.3, -0.25) is 4.79 Å². The highest BCUT2D eigenvalue weighted by Crippen LogP contribution is 2.37. The molecule has 1 saturated heterocycles. The van der Waals surface area contributed by atoms with E-state index < -0.39 is 0 Å². The van der Waals surface area contributed by atoms with Crippen molar-refractivity contribution in [3.63, 3.8) is 0 Å². The third-order valence-electron chi connectivity index (χ3n) is 7.19. The fourth-order valence-corrected chi connectivity index (χ4v) is 5.29. The molecule has 1 aromatic heterocycles. The third-order valence-corrected chi connectivity index (χ3v) is 7.19. The van der Waals surface area contributed by atoms with E-state index in [4.69, 9.17) is 19.2 Å². The van der Waals surface area contributed by atoms with E-state index in [1.54, 1.807) is 14.2 Å². The summed E-state index contributed by atoms with van der Waals surface area (Å²) in [6.45, 7) is 5.76. The lowest BCUT2D eigenvalue weighted by Gasteiger charge is -2.20. The minimum Gasteiger partial charge on any atom is -0.495 e. The van der Waals surface area contributed by atoms with Crippen molar-refractivity contribution in [3.05, 3.63) is 90.8 Å². The van der Waals surface area contributed by atoms with Crippen molar-refractivity contribution >= 4 is 22.6 Å². The van der Waals surface area contributed by atoms with Gasteiger partial charge in [-0.05, 0) is 61.2 Å². The average Bonchev–Trinajstić information content (AvgIpc) is 3.53. The highest BCUT2D eigenvalue weighted by atomic mass is 16.5. The maximum Gasteiger partial charge on any atom is 0.227 e. The molecule has 39 heavy (non-hydrogen) atoms. The molecule has 0 aliphatic carbocycles. The van der Waals surface area contributed by atoms with Gasteiger partial charge in [0.1, 0.15) is 11.6 Å². The first-order chi connectivity index (χ1) is 19.1. The molecule has 1 atom stereocenters. The molecule has 0 bridgehead atoms. The highest BCUT2D eigenvalue weighted by Gasteiger charge is 2.35. The standard InChI is InChI=1S/C32H35N3O4/c1-4-11-23-16-17-29(30(20-23)38-3)39-19-10-9-18-34-26-13-6-5-12-25(26)33-32(34)24-21-31(36)35(22-24)27-14-7-8-15-28(27)37-2/h4-8,12-17,20,24H,1,9-11,18-19,21-22H2,2-3H3. The summed E-state index contributed by atoms with van der Waals surface area (Å²) in [4.78, 5) is 19.9. The average molecular weight is 526 g/mol. The van der Waals surface area contributed by atoms with Crippen LogP contribution in [0.4, 0.5) is 5.69 Å². The van der Waals surface area contributed by atoms with Gasteiger partial charge in [0.15, 0.2) is 11.5 Å². The number of aryl methyl sites for hydroxylation is 1. The Bertz CT molecular complexity index is 1460. The van der Waals surface area contributed by atoms with Crippen LogP contribution in [0.25, 0.3) is 11.0 Å². The lowest BCUT2D eigenvalue weighted by Crippen LogP contribution is -2.25. The first-order valence-electron chi connectivity index (χ1n) is 13.4. The SMILES string of the molecule is C=CCc1ccc(OCCCCn2c(C3CC(=O)N(c4ccccc4OC)C3)nc3ccccc32)c(OC)c1. The van der Waals surface area contributed by atoms with Crippen LogP contribution in [0.1, 0.15) is 36.6 Å². The van der Waals surface area contributed by atoms with Gasteiger partial charge in [0.05, 0.1) is 37.5 Å². The zero-order valence-electron chi connectivity index (χ0n) is 22.6. The smallest absolute Gasteiger partial charge is 0.227 e. The monoisotopic (exact) mass is 525 g/mol. The van der Waals surface area contributed by atoms with Crippen molar-refractivity contribution in [1.82, 2.24) is 9.55 Å². The molecular weight excluding hydrogens is 490 g/mol. The number of fused-ring (bicyclic) bond motifs is 1. The Kier molecular flexibility index (Phi) is 8.16. The van der Waals surface area contributed by atoms with Crippen molar-refractivity contribution in [2.45, 2.75) is 38.1 Å². The second-order valence-electron chi connectivity index (χ2n) is 9.72. The van der Waals surface area contributed by atoms with Crippen LogP contribution in [0, 0.1) is 0 Å². The highest BCUT2D eigenvalue weighted by molar-refractivity contribution is 5.97. The summed E-state index contributed by atoms with van der Waals surface area (Å²) in [5, 5.41) is 0. The van der Waals surface area contributed by atoms with Crippen LogP contribution in [0.3, 0.4) is 0 Å². The van der Waals surface area contributed by atoms with Gasteiger partial charge in [-0.15, -0.1) is 6.58 Å². The molecule has 1 aliphatic heterocycles. The summed E-state index contributed by atoms with van der Waals surface area (Å²) >= 11 is 0. The molecule has 1 amide bonds. The van der Waals surface area contributed by atoms with Gasteiger partial charge in [0.2, 0.25) is 5.91 Å². The van der Waals surface area contributed by atoms with Gasteiger partial charge in [-0.1, -0.05) is 36.4 Å². The Balaban J connectivity index is 1.27. The van der Waals surface area contributed by atoms with E-state index in [0.29, 0.717) is 25.3 Å². The molecule has 4 aromatic rings. The molecule has 1 unspecified atom stereocenters. The molecule has 2 heterocycles. The van der Waals surface area contributed by atoms with Crippen LogP contribution in [0.15, 0.2) is 79.4 Å².